The number of halogens is 3. The molecule has 1 aliphatic rings. The van der Waals surface area contributed by atoms with Crippen LogP contribution in [0.15, 0.2) is 0 Å². The molecule has 3 N–H and O–H groups in total. The standard InChI is InChI=1S/C10H15F3N2O5/c11-10(12,13)5-14(1-2-16)9(20)15-4-6(17)3-7(15)8(18)19/h6-7,16-17H,1-5H2,(H,18,19)/t6-,7-/m1/s1. The van der Waals surface area contributed by atoms with E-state index in [4.69, 9.17) is 10.2 Å². The summed E-state index contributed by atoms with van der Waals surface area (Å²) in [6.45, 7) is -3.20. The van der Waals surface area contributed by atoms with Gasteiger partial charge in [-0.2, -0.15) is 13.2 Å². The lowest BCUT2D eigenvalue weighted by molar-refractivity contribution is -0.144. The van der Waals surface area contributed by atoms with Crippen LogP contribution in [0.5, 0.6) is 0 Å². The molecule has 0 bridgehead atoms. The van der Waals surface area contributed by atoms with Crippen molar-refractivity contribution in [1.82, 2.24) is 9.80 Å². The highest BCUT2D eigenvalue weighted by atomic mass is 19.4. The molecule has 1 rings (SSSR count). The average molecular weight is 300 g/mol. The van der Waals surface area contributed by atoms with E-state index in [0.29, 0.717) is 9.80 Å². The number of aliphatic carboxylic acids is 1. The fraction of sp³-hybridized carbons (Fsp3) is 0.800. The number of amides is 2. The number of aliphatic hydroxyl groups excluding tert-OH is 2. The van der Waals surface area contributed by atoms with Gasteiger partial charge >= 0.3 is 18.2 Å². The molecule has 1 aliphatic heterocycles. The zero-order valence-electron chi connectivity index (χ0n) is 10.4. The maximum Gasteiger partial charge on any atom is 0.406 e. The van der Waals surface area contributed by atoms with Crippen molar-refractivity contribution in [1.29, 1.82) is 0 Å². The van der Waals surface area contributed by atoms with Crippen LogP contribution in [0.4, 0.5) is 18.0 Å². The minimum Gasteiger partial charge on any atom is -0.480 e. The molecular formula is C10H15F3N2O5. The predicted molar refractivity (Wildman–Crippen MR) is 58.9 cm³/mol. The molecular weight excluding hydrogens is 285 g/mol. The molecule has 0 spiro atoms. The SMILES string of the molecule is O=C(O)[C@H]1C[C@@H](O)CN1C(=O)N(CCO)CC(F)(F)F. The zero-order valence-corrected chi connectivity index (χ0v) is 10.4. The van der Waals surface area contributed by atoms with Gasteiger partial charge in [0.2, 0.25) is 0 Å². The lowest BCUT2D eigenvalue weighted by atomic mass is 10.2. The van der Waals surface area contributed by atoms with Crippen LogP contribution in [0.25, 0.3) is 0 Å². The molecule has 2 amide bonds. The van der Waals surface area contributed by atoms with E-state index in [1.807, 2.05) is 0 Å². The third-order valence-corrected chi connectivity index (χ3v) is 2.82. The summed E-state index contributed by atoms with van der Waals surface area (Å²) in [5.41, 5.74) is 0. The number of alkyl halides is 3. The second kappa shape index (κ2) is 6.27. The molecule has 116 valence electrons. The van der Waals surface area contributed by atoms with Crippen molar-refractivity contribution in [2.24, 2.45) is 0 Å². The van der Waals surface area contributed by atoms with Crippen LogP contribution in [-0.4, -0.2) is 81.7 Å². The molecule has 0 unspecified atom stereocenters. The minimum absolute atomic E-state index is 0.236. The van der Waals surface area contributed by atoms with Crippen LogP contribution in [0.3, 0.4) is 0 Å². The molecule has 0 aromatic rings. The van der Waals surface area contributed by atoms with Crippen molar-refractivity contribution >= 4 is 12.0 Å². The fourth-order valence-corrected chi connectivity index (χ4v) is 2.02. The number of nitrogens with zero attached hydrogens (tertiary/aromatic N) is 2. The van der Waals surface area contributed by atoms with E-state index in [1.54, 1.807) is 0 Å². The molecule has 1 fully saturated rings. The van der Waals surface area contributed by atoms with Gasteiger partial charge < -0.3 is 25.1 Å². The first-order valence-corrected chi connectivity index (χ1v) is 5.79. The second-order valence-corrected chi connectivity index (χ2v) is 4.44. The number of carboxylic acid groups (broad SMARTS) is 1. The van der Waals surface area contributed by atoms with Crippen LogP contribution < -0.4 is 0 Å². The van der Waals surface area contributed by atoms with E-state index in [9.17, 15) is 27.9 Å². The van der Waals surface area contributed by atoms with Crippen molar-refractivity contribution in [3.05, 3.63) is 0 Å². The van der Waals surface area contributed by atoms with Crippen LogP contribution in [-0.2, 0) is 4.79 Å². The Labute approximate surface area is 112 Å². The van der Waals surface area contributed by atoms with Gasteiger partial charge in [0.15, 0.2) is 0 Å². The first-order chi connectivity index (χ1) is 9.15. The summed E-state index contributed by atoms with van der Waals surface area (Å²) in [5, 5.41) is 27.0. The number of aliphatic hydroxyl groups is 2. The van der Waals surface area contributed by atoms with Gasteiger partial charge in [-0.05, 0) is 0 Å². The Hall–Kier alpha value is -1.55. The van der Waals surface area contributed by atoms with Crippen LogP contribution in [0, 0.1) is 0 Å². The third kappa shape index (κ3) is 4.23. The summed E-state index contributed by atoms with van der Waals surface area (Å²) in [6, 6.07) is -2.53. The van der Waals surface area contributed by atoms with Gasteiger partial charge in [-0.15, -0.1) is 0 Å². The Kier molecular flexibility index (Phi) is 5.17. The smallest absolute Gasteiger partial charge is 0.406 e. The van der Waals surface area contributed by atoms with E-state index in [2.05, 4.69) is 0 Å². The highest BCUT2D eigenvalue weighted by Crippen LogP contribution is 2.22. The normalized spacial score (nSPS) is 22.9. The largest absolute Gasteiger partial charge is 0.480 e. The summed E-state index contributed by atoms with van der Waals surface area (Å²) < 4.78 is 37.0. The van der Waals surface area contributed by atoms with Crippen molar-refractivity contribution in [3.63, 3.8) is 0 Å². The molecule has 2 atom stereocenters. The lowest BCUT2D eigenvalue weighted by Crippen LogP contribution is -2.51. The topological polar surface area (TPSA) is 101 Å². The second-order valence-electron chi connectivity index (χ2n) is 4.44. The van der Waals surface area contributed by atoms with E-state index >= 15 is 0 Å². The minimum atomic E-state index is -4.66. The number of carbonyl (C=O) groups is 2. The van der Waals surface area contributed by atoms with Crippen LogP contribution in [0.1, 0.15) is 6.42 Å². The molecule has 0 radical (unpaired) electrons. The van der Waals surface area contributed by atoms with Gasteiger partial charge in [0.05, 0.1) is 12.7 Å². The Balaban J connectivity index is 2.85. The van der Waals surface area contributed by atoms with Gasteiger partial charge in [-0.1, -0.05) is 0 Å². The van der Waals surface area contributed by atoms with Crippen molar-refractivity contribution in [2.45, 2.75) is 24.7 Å². The Bertz CT molecular complexity index is 376. The maximum atomic E-state index is 12.3. The number of β-amino-alcohol motifs (C(OH)–C–C–N with tert-alkyl or cyclic N) is 1. The monoisotopic (exact) mass is 300 g/mol. The molecule has 20 heavy (non-hydrogen) atoms. The summed E-state index contributed by atoms with van der Waals surface area (Å²) in [7, 11) is 0. The van der Waals surface area contributed by atoms with Crippen LogP contribution >= 0.6 is 0 Å². The average Bonchev–Trinajstić information content (AvgIpc) is 2.68. The van der Waals surface area contributed by atoms with Crippen LogP contribution in [0.2, 0.25) is 0 Å². The Morgan fingerprint density at radius 1 is 1.35 bits per heavy atom. The molecule has 0 saturated carbocycles. The lowest BCUT2D eigenvalue weighted by Gasteiger charge is -2.30. The number of hydrogen-bond donors (Lipinski definition) is 3. The third-order valence-electron chi connectivity index (χ3n) is 2.82. The molecule has 0 aliphatic carbocycles. The molecule has 7 nitrogen and oxygen atoms in total. The van der Waals surface area contributed by atoms with E-state index in [1.165, 1.54) is 0 Å². The predicted octanol–water partition coefficient (Wildman–Crippen LogP) is -0.517. The van der Waals surface area contributed by atoms with Crippen molar-refractivity contribution < 1.29 is 38.1 Å². The number of carboxylic acids is 1. The van der Waals surface area contributed by atoms with Crippen molar-refractivity contribution in [3.8, 4) is 0 Å². The quantitative estimate of drug-likeness (QED) is 0.649. The van der Waals surface area contributed by atoms with E-state index < -0.39 is 50.0 Å². The first kappa shape index (κ1) is 16.5. The highest BCUT2D eigenvalue weighted by molar-refractivity contribution is 5.83. The fourth-order valence-electron chi connectivity index (χ4n) is 2.02. The van der Waals surface area contributed by atoms with Gasteiger partial charge in [0, 0.05) is 19.5 Å². The molecule has 1 heterocycles. The van der Waals surface area contributed by atoms with Gasteiger partial charge in [-0.25, -0.2) is 9.59 Å². The summed E-state index contributed by atoms with van der Waals surface area (Å²) in [6.07, 6.45) is -6.00. The number of likely N-dealkylation sites (tertiary alicyclic amines) is 1. The zero-order chi connectivity index (χ0) is 15.5. The van der Waals surface area contributed by atoms with Gasteiger partial charge in [0.25, 0.3) is 0 Å². The number of carbonyl (C=O) groups excluding carboxylic acids is 1. The molecule has 0 aromatic heterocycles. The first-order valence-electron chi connectivity index (χ1n) is 5.79. The maximum absolute atomic E-state index is 12.3. The van der Waals surface area contributed by atoms with E-state index in [-0.39, 0.29) is 13.0 Å². The summed E-state index contributed by atoms with van der Waals surface area (Å²) in [4.78, 5) is 23.9. The molecule has 0 aromatic carbocycles. The number of urea groups is 1. The number of hydrogen-bond acceptors (Lipinski definition) is 4. The van der Waals surface area contributed by atoms with E-state index in [0.717, 1.165) is 0 Å². The van der Waals surface area contributed by atoms with Gasteiger partial charge in [0.1, 0.15) is 12.6 Å². The Morgan fingerprint density at radius 3 is 2.40 bits per heavy atom. The van der Waals surface area contributed by atoms with Gasteiger partial charge in [-0.3, -0.25) is 0 Å². The van der Waals surface area contributed by atoms with Crippen molar-refractivity contribution in [2.75, 3.05) is 26.2 Å². The number of rotatable bonds is 4. The summed E-state index contributed by atoms with van der Waals surface area (Å²) in [5.74, 6) is -1.40. The molecule has 1 saturated heterocycles. The summed E-state index contributed by atoms with van der Waals surface area (Å²) >= 11 is 0. The highest BCUT2D eigenvalue weighted by Gasteiger charge is 2.42. The molecule has 10 heteroatoms. The Morgan fingerprint density at radius 2 is 1.95 bits per heavy atom.